The molecule has 19 heavy (non-hydrogen) atoms. The van der Waals surface area contributed by atoms with Crippen molar-refractivity contribution in [1.82, 2.24) is 0 Å². The SMILES string of the molecule is COc1ccccc1O[C@](C)(CO)c1ccccc1. The van der Waals surface area contributed by atoms with E-state index in [4.69, 9.17) is 9.47 Å². The summed E-state index contributed by atoms with van der Waals surface area (Å²) in [5, 5.41) is 9.70. The molecule has 100 valence electrons. The normalized spacial score (nSPS) is 13.6. The summed E-state index contributed by atoms with van der Waals surface area (Å²) in [6, 6.07) is 17.1. The second-order valence-corrected chi connectivity index (χ2v) is 4.51. The molecule has 0 aliphatic heterocycles. The lowest BCUT2D eigenvalue weighted by atomic mass is 9.96. The highest BCUT2D eigenvalue weighted by molar-refractivity contribution is 5.40. The van der Waals surface area contributed by atoms with Crippen LogP contribution < -0.4 is 9.47 Å². The van der Waals surface area contributed by atoms with Crippen molar-refractivity contribution in [2.45, 2.75) is 12.5 Å². The average molecular weight is 258 g/mol. The first-order valence-corrected chi connectivity index (χ1v) is 6.18. The van der Waals surface area contributed by atoms with Gasteiger partial charge in [0.2, 0.25) is 0 Å². The van der Waals surface area contributed by atoms with E-state index in [9.17, 15) is 5.11 Å². The van der Waals surface area contributed by atoms with E-state index >= 15 is 0 Å². The third kappa shape index (κ3) is 2.88. The molecular formula is C16H18O3. The van der Waals surface area contributed by atoms with Crippen molar-refractivity contribution in [3.8, 4) is 11.5 Å². The van der Waals surface area contributed by atoms with Crippen molar-refractivity contribution in [2.75, 3.05) is 13.7 Å². The smallest absolute Gasteiger partial charge is 0.162 e. The van der Waals surface area contributed by atoms with Gasteiger partial charge in [-0.15, -0.1) is 0 Å². The van der Waals surface area contributed by atoms with Crippen LogP contribution in [0.2, 0.25) is 0 Å². The lowest BCUT2D eigenvalue weighted by molar-refractivity contribution is 0.0196. The molecule has 0 aliphatic carbocycles. The first-order valence-electron chi connectivity index (χ1n) is 6.18. The van der Waals surface area contributed by atoms with Crippen LogP contribution in [0.15, 0.2) is 54.6 Å². The van der Waals surface area contributed by atoms with Gasteiger partial charge < -0.3 is 14.6 Å². The number of aliphatic hydroxyl groups is 1. The average Bonchev–Trinajstić information content (AvgIpc) is 2.48. The van der Waals surface area contributed by atoms with Gasteiger partial charge in [0.1, 0.15) is 0 Å². The van der Waals surface area contributed by atoms with E-state index in [2.05, 4.69) is 0 Å². The molecule has 0 unspecified atom stereocenters. The third-order valence-electron chi connectivity index (χ3n) is 3.09. The van der Waals surface area contributed by atoms with E-state index < -0.39 is 5.60 Å². The Bertz CT molecular complexity index is 525. The van der Waals surface area contributed by atoms with Gasteiger partial charge in [-0.2, -0.15) is 0 Å². The zero-order valence-corrected chi connectivity index (χ0v) is 11.2. The van der Waals surface area contributed by atoms with E-state index in [1.165, 1.54) is 0 Å². The number of para-hydroxylation sites is 2. The second-order valence-electron chi connectivity index (χ2n) is 4.51. The summed E-state index contributed by atoms with van der Waals surface area (Å²) in [6.07, 6.45) is 0. The van der Waals surface area contributed by atoms with Crippen molar-refractivity contribution in [3.05, 3.63) is 60.2 Å². The molecule has 1 N–H and O–H groups in total. The van der Waals surface area contributed by atoms with Crippen molar-refractivity contribution in [1.29, 1.82) is 0 Å². The maximum Gasteiger partial charge on any atom is 0.162 e. The minimum absolute atomic E-state index is 0.116. The first kappa shape index (κ1) is 13.4. The molecule has 0 spiro atoms. The Hall–Kier alpha value is -2.00. The maximum absolute atomic E-state index is 9.70. The van der Waals surface area contributed by atoms with Crippen molar-refractivity contribution in [2.24, 2.45) is 0 Å². The molecule has 0 radical (unpaired) electrons. The second kappa shape index (κ2) is 5.76. The zero-order valence-electron chi connectivity index (χ0n) is 11.2. The number of rotatable bonds is 5. The van der Waals surface area contributed by atoms with E-state index in [0.29, 0.717) is 11.5 Å². The van der Waals surface area contributed by atoms with Crippen molar-refractivity contribution >= 4 is 0 Å². The Labute approximate surface area is 113 Å². The van der Waals surface area contributed by atoms with Gasteiger partial charge in [0.05, 0.1) is 13.7 Å². The van der Waals surface area contributed by atoms with Gasteiger partial charge in [0.15, 0.2) is 17.1 Å². The lowest BCUT2D eigenvalue weighted by Gasteiger charge is -2.29. The highest BCUT2D eigenvalue weighted by Crippen LogP contribution is 2.33. The third-order valence-corrected chi connectivity index (χ3v) is 3.09. The Balaban J connectivity index is 2.33. The summed E-state index contributed by atoms with van der Waals surface area (Å²) in [5.74, 6) is 1.27. The molecule has 0 aliphatic rings. The van der Waals surface area contributed by atoms with Crippen LogP contribution in [0, 0.1) is 0 Å². The Morgan fingerprint density at radius 1 is 0.947 bits per heavy atom. The van der Waals surface area contributed by atoms with Crippen molar-refractivity contribution in [3.63, 3.8) is 0 Å². The van der Waals surface area contributed by atoms with Crippen LogP contribution in [0.3, 0.4) is 0 Å². The highest BCUT2D eigenvalue weighted by atomic mass is 16.5. The summed E-state index contributed by atoms with van der Waals surface area (Å²) in [7, 11) is 1.60. The standard InChI is InChI=1S/C16H18O3/c1-16(12-17,13-8-4-3-5-9-13)19-15-11-7-6-10-14(15)18-2/h3-11,17H,12H2,1-2H3/t16-/m1/s1. The van der Waals surface area contributed by atoms with Crippen LogP contribution in [0.25, 0.3) is 0 Å². The molecule has 0 aromatic heterocycles. The largest absolute Gasteiger partial charge is 0.493 e. The monoisotopic (exact) mass is 258 g/mol. The molecule has 0 fully saturated rings. The lowest BCUT2D eigenvalue weighted by Crippen LogP contribution is -2.33. The summed E-state index contributed by atoms with van der Waals surface area (Å²) in [4.78, 5) is 0. The molecule has 0 heterocycles. The number of hydrogen-bond donors (Lipinski definition) is 1. The van der Waals surface area contributed by atoms with Gasteiger partial charge >= 0.3 is 0 Å². The molecule has 3 nitrogen and oxygen atoms in total. The molecule has 1 atom stereocenters. The van der Waals surface area contributed by atoms with Crippen molar-refractivity contribution < 1.29 is 14.6 Å². The van der Waals surface area contributed by atoms with E-state index in [0.717, 1.165) is 5.56 Å². The predicted molar refractivity (Wildman–Crippen MR) is 74.5 cm³/mol. The molecule has 2 rings (SSSR count). The van der Waals surface area contributed by atoms with E-state index in [-0.39, 0.29) is 6.61 Å². The summed E-state index contributed by atoms with van der Waals surface area (Å²) in [6.45, 7) is 1.74. The topological polar surface area (TPSA) is 38.7 Å². The highest BCUT2D eigenvalue weighted by Gasteiger charge is 2.29. The van der Waals surface area contributed by atoms with E-state index in [1.54, 1.807) is 7.11 Å². The number of benzene rings is 2. The maximum atomic E-state index is 9.70. The van der Waals surface area contributed by atoms with Gasteiger partial charge in [-0.05, 0) is 24.6 Å². The zero-order chi connectivity index (χ0) is 13.7. The fraction of sp³-hybridized carbons (Fsp3) is 0.250. The molecule has 0 amide bonds. The predicted octanol–water partition coefficient (Wildman–Crippen LogP) is 2.98. The fourth-order valence-electron chi connectivity index (χ4n) is 1.92. The molecule has 2 aromatic rings. The summed E-state index contributed by atoms with van der Waals surface area (Å²) >= 11 is 0. The fourth-order valence-corrected chi connectivity index (χ4v) is 1.92. The quantitative estimate of drug-likeness (QED) is 0.896. The van der Waals surface area contributed by atoms with Gasteiger partial charge in [0, 0.05) is 0 Å². The van der Waals surface area contributed by atoms with Gasteiger partial charge in [-0.25, -0.2) is 0 Å². The minimum Gasteiger partial charge on any atom is -0.493 e. The minimum atomic E-state index is -0.796. The number of ether oxygens (including phenoxy) is 2. The van der Waals surface area contributed by atoms with Crippen LogP contribution in [0.1, 0.15) is 12.5 Å². The van der Waals surface area contributed by atoms with Crippen LogP contribution >= 0.6 is 0 Å². The molecule has 0 saturated carbocycles. The first-order chi connectivity index (χ1) is 9.19. The van der Waals surface area contributed by atoms with Crippen LogP contribution in [-0.2, 0) is 5.60 Å². The molecule has 0 saturated heterocycles. The molecule has 0 bridgehead atoms. The van der Waals surface area contributed by atoms with Crippen LogP contribution in [0.4, 0.5) is 0 Å². The molecular weight excluding hydrogens is 240 g/mol. The van der Waals surface area contributed by atoms with Crippen LogP contribution in [-0.4, -0.2) is 18.8 Å². The van der Waals surface area contributed by atoms with Gasteiger partial charge in [-0.1, -0.05) is 42.5 Å². The Morgan fingerprint density at radius 2 is 1.53 bits per heavy atom. The number of hydrogen-bond acceptors (Lipinski definition) is 3. The van der Waals surface area contributed by atoms with Crippen LogP contribution in [0.5, 0.6) is 11.5 Å². The Kier molecular flexibility index (Phi) is 4.07. The number of aliphatic hydroxyl groups excluding tert-OH is 1. The Morgan fingerprint density at radius 3 is 2.11 bits per heavy atom. The molecule has 2 aromatic carbocycles. The van der Waals surface area contributed by atoms with Gasteiger partial charge in [-0.3, -0.25) is 0 Å². The summed E-state index contributed by atoms with van der Waals surface area (Å²) in [5.41, 5.74) is 0.124. The number of methoxy groups -OCH3 is 1. The van der Waals surface area contributed by atoms with Gasteiger partial charge in [0.25, 0.3) is 0 Å². The summed E-state index contributed by atoms with van der Waals surface area (Å²) < 4.78 is 11.2. The molecule has 3 heteroatoms. The van der Waals surface area contributed by atoms with E-state index in [1.807, 2.05) is 61.5 Å².